The molecule has 7 heteroatoms. The second kappa shape index (κ2) is 6.73. The molecule has 1 aromatic rings. The van der Waals surface area contributed by atoms with Gasteiger partial charge >= 0.3 is 0 Å². The average molecular weight is 360 g/mol. The van der Waals surface area contributed by atoms with Gasteiger partial charge in [-0.15, -0.1) is 0 Å². The summed E-state index contributed by atoms with van der Waals surface area (Å²) in [5.74, 6) is -0.0884. The maximum Gasteiger partial charge on any atom is 0.233 e. The lowest BCUT2D eigenvalue weighted by Crippen LogP contribution is -2.31. The van der Waals surface area contributed by atoms with Gasteiger partial charge in [0, 0.05) is 16.6 Å². The number of para-hydroxylation sites is 1. The van der Waals surface area contributed by atoms with Gasteiger partial charge in [-0.05, 0) is 17.5 Å². The summed E-state index contributed by atoms with van der Waals surface area (Å²) in [7, 11) is 1.74. The maximum atomic E-state index is 11.3. The fraction of sp³-hybridized carbons (Fsp3) is 0.538. The van der Waals surface area contributed by atoms with E-state index in [9.17, 15) is 8.42 Å². The van der Waals surface area contributed by atoms with Crippen molar-refractivity contribution in [1.29, 1.82) is 0 Å². The highest BCUT2D eigenvalue weighted by molar-refractivity contribution is 8.13. The number of hydrogen-bond donors (Lipinski definition) is 0. The first kappa shape index (κ1) is 17.9. The van der Waals surface area contributed by atoms with Crippen molar-refractivity contribution < 1.29 is 13.2 Å². The van der Waals surface area contributed by atoms with E-state index < -0.39 is 9.05 Å². The molecule has 0 spiro atoms. The van der Waals surface area contributed by atoms with Crippen LogP contribution in [0, 0.1) is 11.3 Å². The van der Waals surface area contributed by atoms with E-state index in [1.165, 1.54) is 0 Å². The van der Waals surface area contributed by atoms with Gasteiger partial charge in [-0.25, -0.2) is 8.42 Å². The van der Waals surface area contributed by atoms with Gasteiger partial charge in [-0.1, -0.05) is 50.0 Å². The molecule has 20 heavy (non-hydrogen) atoms. The minimum absolute atomic E-state index is 0.166. The molecule has 0 aliphatic heterocycles. The first-order valence-corrected chi connectivity index (χ1v) is 9.23. The highest BCUT2D eigenvalue weighted by Gasteiger charge is 2.30. The topological polar surface area (TPSA) is 43.4 Å². The molecule has 0 bridgehead atoms. The summed E-state index contributed by atoms with van der Waals surface area (Å²) in [4.78, 5) is 0. The molecule has 1 aromatic carbocycles. The molecule has 1 rings (SSSR count). The van der Waals surface area contributed by atoms with Crippen LogP contribution in [0.3, 0.4) is 0 Å². The lowest BCUT2D eigenvalue weighted by molar-refractivity contribution is 0.163. The van der Waals surface area contributed by atoms with Gasteiger partial charge in [-0.2, -0.15) is 0 Å². The van der Waals surface area contributed by atoms with E-state index in [4.69, 9.17) is 38.6 Å². The van der Waals surface area contributed by atoms with Gasteiger partial charge in [0.1, 0.15) is 0 Å². The lowest BCUT2D eigenvalue weighted by atomic mass is 9.82. The van der Waals surface area contributed by atoms with Crippen LogP contribution in [-0.4, -0.2) is 20.8 Å². The van der Waals surface area contributed by atoms with Crippen LogP contribution in [0.2, 0.25) is 10.0 Å². The van der Waals surface area contributed by atoms with Gasteiger partial charge in [0.25, 0.3) is 0 Å². The molecule has 0 fully saturated rings. The third-order valence-corrected chi connectivity index (χ3v) is 4.75. The third-order valence-electron chi connectivity index (χ3n) is 2.97. The van der Waals surface area contributed by atoms with Gasteiger partial charge in [0.15, 0.2) is 5.75 Å². The zero-order chi connectivity index (χ0) is 15.6. The summed E-state index contributed by atoms with van der Waals surface area (Å²) >= 11 is 12.0. The van der Waals surface area contributed by atoms with Crippen LogP contribution in [0.5, 0.6) is 5.75 Å². The maximum absolute atomic E-state index is 11.3. The number of benzene rings is 1. The molecule has 1 unspecified atom stereocenters. The van der Waals surface area contributed by atoms with E-state index in [1.54, 1.807) is 18.2 Å². The van der Waals surface area contributed by atoms with Crippen LogP contribution in [0.25, 0.3) is 0 Å². The third kappa shape index (κ3) is 5.68. The monoisotopic (exact) mass is 358 g/mol. The van der Waals surface area contributed by atoms with Crippen molar-refractivity contribution in [2.24, 2.45) is 11.3 Å². The predicted molar refractivity (Wildman–Crippen MR) is 84.5 cm³/mol. The Labute approximate surface area is 134 Å². The van der Waals surface area contributed by atoms with Crippen LogP contribution >= 0.6 is 33.9 Å². The molecule has 0 saturated heterocycles. The molecule has 1 atom stereocenters. The molecular weight excluding hydrogens is 343 g/mol. The van der Waals surface area contributed by atoms with E-state index >= 15 is 0 Å². The number of halogens is 3. The van der Waals surface area contributed by atoms with E-state index in [0.29, 0.717) is 15.8 Å². The normalized spacial score (nSPS) is 14.1. The van der Waals surface area contributed by atoms with Crippen molar-refractivity contribution in [3.63, 3.8) is 0 Å². The molecular formula is C13H17Cl3O3S. The summed E-state index contributed by atoms with van der Waals surface area (Å²) in [6.07, 6.45) is 0. The van der Waals surface area contributed by atoms with Gasteiger partial charge in [-0.3, -0.25) is 0 Å². The second-order valence-corrected chi connectivity index (χ2v) is 9.27. The Morgan fingerprint density at radius 2 is 1.70 bits per heavy atom. The predicted octanol–water partition coefficient (Wildman–Crippen LogP) is 4.60. The van der Waals surface area contributed by atoms with Crippen molar-refractivity contribution in [2.75, 3.05) is 12.4 Å². The van der Waals surface area contributed by atoms with Crippen molar-refractivity contribution in [3.05, 3.63) is 28.2 Å². The van der Waals surface area contributed by atoms with Crippen LogP contribution in [0.1, 0.15) is 20.8 Å². The van der Waals surface area contributed by atoms with Crippen molar-refractivity contribution in [2.45, 2.75) is 20.8 Å². The summed E-state index contributed by atoms with van der Waals surface area (Å²) in [5, 5.41) is 0.776. The van der Waals surface area contributed by atoms with Gasteiger partial charge < -0.3 is 4.74 Å². The Morgan fingerprint density at radius 3 is 2.10 bits per heavy atom. The summed E-state index contributed by atoms with van der Waals surface area (Å²) in [5.41, 5.74) is -0.282. The van der Waals surface area contributed by atoms with Crippen molar-refractivity contribution in [3.8, 4) is 5.75 Å². The number of rotatable bonds is 5. The van der Waals surface area contributed by atoms with Crippen LogP contribution in [0.4, 0.5) is 0 Å². The smallest absolute Gasteiger partial charge is 0.233 e. The Morgan fingerprint density at radius 1 is 1.20 bits per heavy atom. The minimum Gasteiger partial charge on any atom is -0.490 e. The molecule has 114 valence electrons. The van der Waals surface area contributed by atoms with E-state index in [2.05, 4.69) is 0 Å². The summed E-state index contributed by atoms with van der Waals surface area (Å²) in [6.45, 7) is 5.95. The molecule has 0 aliphatic rings. The summed E-state index contributed by atoms with van der Waals surface area (Å²) in [6, 6.07) is 5.03. The minimum atomic E-state index is -3.60. The Balaban J connectivity index is 2.87. The zero-order valence-electron chi connectivity index (χ0n) is 11.5. The van der Waals surface area contributed by atoms with Crippen molar-refractivity contribution in [1.82, 2.24) is 0 Å². The SMILES string of the molecule is CC(C)(C)C(COc1c(Cl)cccc1Cl)CS(=O)(=O)Cl. The van der Waals surface area contributed by atoms with Crippen molar-refractivity contribution >= 4 is 42.9 Å². The number of hydrogen-bond acceptors (Lipinski definition) is 3. The molecule has 0 radical (unpaired) electrons. The highest BCUT2D eigenvalue weighted by atomic mass is 35.7. The molecule has 0 amide bonds. The molecule has 0 aromatic heterocycles. The standard InChI is InChI=1S/C13H17Cl3O3S/c1-13(2,3)9(8-20(16,17)18)7-19-12-10(14)5-4-6-11(12)15/h4-6,9H,7-8H2,1-3H3. The van der Waals surface area contributed by atoms with E-state index in [0.717, 1.165) is 0 Å². The van der Waals surface area contributed by atoms with E-state index in [1.807, 2.05) is 20.8 Å². The van der Waals surface area contributed by atoms with Crippen LogP contribution in [-0.2, 0) is 9.05 Å². The first-order chi connectivity index (χ1) is 9.00. The fourth-order valence-electron chi connectivity index (χ4n) is 1.59. The average Bonchev–Trinajstić information content (AvgIpc) is 2.23. The molecule has 0 saturated carbocycles. The Hall–Kier alpha value is -0.160. The van der Waals surface area contributed by atoms with Crippen LogP contribution < -0.4 is 4.74 Å². The molecule has 3 nitrogen and oxygen atoms in total. The number of ether oxygens (including phenoxy) is 1. The lowest BCUT2D eigenvalue weighted by Gasteiger charge is -2.29. The largest absolute Gasteiger partial charge is 0.490 e. The van der Waals surface area contributed by atoms with Gasteiger partial charge in [0.2, 0.25) is 9.05 Å². The zero-order valence-corrected chi connectivity index (χ0v) is 14.6. The highest BCUT2D eigenvalue weighted by Crippen LogP contribution is 2.35. The van der Waals surface area contributed by atoms with E-state index in [-0.39, 0.29) is 23.7 Å². The molecule has 0 N–H and O–H groups in total. The Kier molecular flexibility index (Phi) is 6.02. The second-order valence-electron chi connectivity index (χ2n) is 5.63. The summed E-state index contributed by atoms with van der Waals surface area (Å²) < 4.78 is 28.2. The Bertz CT molecular complexity index is 544. The molecule has 0 aliphatic carbocycles. The first-order valence-electron chi connectivity index (χ1n) is 6.00. The van der Waals surface area contributed by atoms with Crippen LogP contribution in [0.15, 0.2) is 18.2 Å². The quantitative estimate of drug-likeness (QED) is 0.721. The molecule has 0 heterocycles. The fourth-order valence-corrected chi connectivity index (χ4v) is 3.63. The van der Waals surface area contributed by atoms with Gasteiger partial charge in [0.05, 0.1) is 22.4 Å².